The molecule has 1 atom stereocenters. The van der Waals surface area contributed by atoms with Gasteiger partial charge >= 0.3 is 17.9 Å². The molecular formula is C66H112O6. The highest BCUT2D eigenvalue weighted by atomic mass is 16.6. The molecule has 0 aliphatic rings. The van der Waals surface area contributed by atoms with Crippen LogP contribution in [0.15, 0.2) is 97.2 Å². The van der Waals surface area contributed by atoms with Crippen LogP contribution in [0.4, 0.5) is 0 Å². The van der Waals surface area contributed by atoms with Gasteiger partial charge in [-0.05, 0) is 96.3 Å². The van der Waals surface area contributed by atoms with E-state index in [0.717, 1.165) is 109 Å². The van der Waals surface area contributed by atoms with E-state index in [4.69, 9.17) is 14.2 Å². The number of allylic oxidation sites excluding steroid dienone is 16. The van der Waals surface area contributed by atoms with E-state index in [1.165, 1.54) is 135 Å². The summed E-state index contributed by atoms with van der Waals surface area (Å²) in [6.45, 7) is 6.37. The summed E-state index contributed by atoms with van der Waals surface area (Å²) in [7, 11) is 0. The van der Waals surface area contributed by atoms with E-state index >= 15 is 0 Å². The third-order valence-electron chi connectivity index (χ3n) is 12.8. The Morgan fingerprint density at radius 2 is 0.542 bits per heavy atom. The Bertz CT molecular complexity index is 1430. The van der Waals surface area contributed by atoms with Crippen LogP contribution in [-0.2, 0) is 28.6 Å². The second-order valence-corrected chi connectivity index (χ2v) is 19.9. The maximum Gasteiger partial charge on any atom is 0.306 e. The predicted molar refractivity (Wildman–Crippen MR) is 311 cm³/mol. The summed E-state index contributed by atoms with van der Waals surface area (Å²) >= 11 is 0. The van der Waals surface area contributed by atoms with Gasteiger partial charge in [-0.3, -0.25) is 14.4 Å². The van der Waals surface area contributed by atoms with Crippen LogP contribution in [0.1, 0.15) is 284 Å². The Labute approximate surface area is 445 Å². The lowest BCUT2D eigenvalue weighted by atomic mass is 10.0. The summed E-state index contributed by atoms with van der Waals surface area (Å²) in [6, 6.07) is 0. The number of hydrogen-bond acceptors (Lipinski definition) is 6. The van der Waals surface area contributed by atoms with Gasteiger partial charge in [-0.1, -0.05) is 266 Å². The minimum absolute atomic E-state index is 0.0786. The monoisotopic (exact) mass is 1000 g/mol. The molecule has 412 valence electrons. The molecule has 1 unspecified atom stereocenters. The number of hydrogen-bond donors (Lipinski definition) is 0. The fraction of sp³-hybridized carbons (Fsp3) is 0.712. The smallest absolute Gasteiger partial charge is 0.306 e. The zero-order valence-corrected chi connectivity index (χ0v) is 47.2. The lowest BCUT2D eigenvalue weighted by Crippen LogP contribution is -2.30. The quantitative estimate of drug-likeness (QED) is 0.0261. The van der Waals surface area contributed by atoms with Gasteiger partial charge in [0, 0.05) is 19.3 Å². The average molecular weight is 1000 g/mol. The summed E-state index contributed by atoms with van der Waals surface area (Å²) in [4.78, 5) is 38.0. The summed E-state index contributed by atoms with van der Waals surface area (Å²) < 4.78 is 16.8. The Morgan fingerprint density at radius 3 is 0.847 bits per heavy atom. The van der Waals surface area contributed by atoms with Crippen LogP contribution in [0, 0.1) is 0 Å². The first-order valence-electron chi connectivity index (χ1n) is 30.2. The molecule has 0 aromatic rings. The number of esters is 3. The van der Waals surface area contributed by atoms with Crippen molar-refractivity contribution in [2.24, 2.45) is 0 Å². The van der Waals surface area contributed by atoms with Crippen molar-refractivity contribution in [2.75, 3.05) is 13.2 Å². The number of carbonyl (C=O) groups excluding carboxylic acids is 3. The molecule has 0 aromatic heterocycles. The molecule has 0 aliphatic heterocycles. The van der Waals surface area contributed by atoms with E-state index < -0.39 is 6.10 Å². The normalized spacial score (nSPS) is 12.8. The van der Waals surface area contributed by atoms with Crippen LogP contribution in [0.25, 0.3) is 0 Å². The Morgan fingerprint density at radius 1 is 0.292 bits per heavy atom. The van der Waals surface area contributed by atoms with E-state index in [9.17, 15) is 14.4 Å². The Hall–Kier alpha value is -3.67. The molecule has 0 fully saturated rings. The first-order valence-corrected chi connectivity index (χ1v) is 30.2. The molecular weight excluding hydrogens is 889 g/mol. The third-order valence-corrected chi connectivity index (χ3v) is 12.8. The Kier molecular flexibility index (Phi) is 56.8. The van der Waals surface area contributed by atoms with Gasteiger partial charge in [0.15, 0.2) is 6.10 Å². The molecule has 72 heavy (non-hydrogen) atoms. The molecule has 0 spiro atoms. The lowest BCUT2D eigenvalue weighted by molar-refractivity contribution is -0.167. The van der Waals surface area contributed by atoms with Crippen molar-refractivity contribution in [1.82, 2.24) is 0 Å². The van der Waals surface area contributed by atoms with Crippen molar-refractivity contribution < 1.29 is 28.6 Å². The Balaban J connectivity index is 4.12. The number of rotatable bonds is 54. The third kappa shape index (κ3) is 57.2. The van der Waals surface area contributed by atoms with Gasteiger partial charge in [0.25, 0.3) is 0 Å². The van der Waals surface area contributed by atoms with Crippen molar-refractivity contribution in [3.63, 3.8) is 0 Å². The highest BCUT2D eigenvalue weighted by Gasteiger charge is 2.19. The minimum Gasteiger partial charge on any atom is -0.462 e. The first-order chi connectivity index (χ1) is 35.5. The van der Waals surface area contributed by atoms with Gasteiger partial charge in [-0.2, -0.15) is 0 Å². The van der Waals surface area contributed by atoms with Gasteiger partial charge in [-0.15, -0.1) is 0 Å². The fourth-order valence-electron chi connectivity index (χ4n) is 8.37. The largest absolute Gasteiger partial charge is 0.462 e. The highest BCUT2D eigenvalue weighted by molar-refractivity contribution is 5.71. The number of ether oxygens (including phenoxy) is 3. The van der Waals surface area contributed by atoms with Crippen molar-refractivity contribution >= 4 is 17.9 Å². The van der Waals surface area contributed by atoms with Gasteiger partial charge in [-0.25, -0.2) is 0 Å². The SMILES string of the molecule is CC/C=C\C/C=C\C/C=C\C/C=C\CCCCCCCCCCCCCCC(=O)OCC(COC(=O)CCCCCCCC)OC(=O)CCCCCCCCCCCC/C=C\C/C=C\C/C=C\C/C=C\CC. The van der Waals surface area contributed by atoms with E-state index in [-0.39, 0.29) is 31.1 Å². The molecule has 0 rings (SSSR count). The number of unbranched alkanes of at least 4 members (excludes halogenated alkanes) is 27. The number of carbonyl (C=O) groups is 3. The second-order valence-electron chi connectivity index (χ2n) is 19.9. The highest BCUT2D eigenvalue weighted by Crippen LogP contribution is 2.16. The zero-order valence-electron chi connectivity index (χ0n) is 47.2. The molecule has 6 nitrogen and oxygen atoms in total. The van der Waals surface area contributed by atoms with Crippen LogP contribution < -0.4 is 0 Å². The summed E-state index contributed by atoms with van der Waals surface area (Å²) in [5, 5.41) is 0. The molecule has 0 bridgehead atoms. The molecule has 0 aromatic carbocycles. The van der Waals surface area contributed by atoms with Gasteiger partial charge in [0.05, 0.1) is 0 Å². The predicted octanol–water partition coefficient (Wildman–Crippen LogP) is 20.5. The van der Waals surface area contributed by atoms with E-state index in [2.05, 4.69) is 118 Å². The summed E-state index contributed by atoms with van der Waals surface area (Å²) in [6.07, 6.45) is 80.1. The van der Waals surface area contributed by atoms with Crippen molar-refractivity contribution in [3.05, 3.63) is 97.2 Å². The summed E-state index contributed by atoms with van der Waals surface area (Å²) in [5.41, 5.74) is 0. The van der Waals surface area contributed by atoms with Crippen LogP contribution in [-0.4, -0.2) is 37.2 Å². The molecule has 0 saturated heterocycles. The van der Waals surface area contributed by atoms with Gasteiger partial charge in [0.1, 0.15) is 13.2 Å². The standard InChI is InChI=1S/C66H112O6/c1-4-7-10-13-16-18-20-22-24-26-28-30-32-33-35-36-38-40-42-44-46-48-50-53-56-59-65(68)71-62-63(61-70-64(67)58-55-52-15-12-9-6-3)72-66(69)60-57-54-51-49-47-45-43-41-39-37-34-31-29-27-25-23-21-19-17-14-11-8-5-2/h7-8,10-11,16-19,22-25,28-31,63H,4-6,9,12-15,20-21,26-27,32-62H2,1-3H3/b10-7-,11-8-,18-16-,19-17-,24-22-,25-23-,30-28-,31-29-. The average Bonchev–Trinajstić information content (AvgIpc) is 3.38. The van der Waals surface area contributed by atoms with Gasteiger partial charge < -0.3 is 14.2 Å². The first kappa shape index (κ1) is 68.3. The molecule has 0 aliphatic carbocycles. The molecule has 6 heteroatoms. The van der Waals surface area contributed by atoms with Crippen LogP contribution >= 0.6 is 0 Å². The van der Waals surface area contributed by atoms with Crippen LogP contribution in [0.5, 0.6) is 0 Å². The van der Waals surface area contributed by atoms with Crippen molar-refractivity contribution in [1.29, 1.82) is 0 Å². The van der Waals surface area contributed by atoms with Gasteiger partial charge in [0.2, 0.25) is 0 Å². The fourth-order valence-corrected chi connectivity index (χ4v) is 8.37. The summed E-state index contributed by atoms with van der Waals surface area (Å²) in [5.74, 6) is -0.888. The van der Waals surface area contributed by atoms with E-state index in [1.54, 1.807) is 0 Å². The molecule has 0 N–H and O–H groups in total. The minimum atomic E-state index is -0.778. The van der Waals surface area contributed by atoms with E-state index in [0.29, 0.717) is 19.3 Å². The van der Waals surface area contributed by atoms with Crippen LogP contribution in [0.2, 0.25) is 0 Å². The zero-order chi connectivity index (χ0) is 52.2. The second kappa shape index (κ2) is 59.9. The lowest BCUT2D eigenvalue weighted by Gasteiger charge is -2.18. The molecule has 0 radical (unpaired) electrons. The maximum absolute atomic E-state index is 12.8. The maximum atomic E-state index is 12.8. The molecule has 0 saturated carbocycles. The van der Waals surface area contributed by atoms with Crippen molar-refractivity contribution in [2.45, 2.75) is 290 Å². The molecule has 0 amide bonds. The van der Waals surface area contributed by atoms with E-state index in [1.807, 2.05) is 0 Å². The van der Waals surface area contributed by atoms with Crippen LogP contribution in [0.3, 0.4) is 0 Å². The topological polar surface area (TPSA) is 78.9 Å². The van der Waals surface area contributed by atoms with Crippen molar-refractivity contribution in [3.8, 4) is 0 Å². The molecule has 0 heterocycles.